The summed E-state index contributed by atoms with van der Waals surface area (Å²) in [6.07, 6.45) is 2.85. The molecule has 0 fully saturated rings. The van der Waals surface area contributed by atoms with Crippen LogP contribution in [0.15, 0.2) is 22.8 Å². The maximum Gasteiger partial charge on any atom is 0.117 e. The second-order valence-electron chi connectivity index (χ2n) is 2.71. The van der Waals surface area contributed by atoms with Gasteiger partial charge in [-0.1, -0.05) is 0 Å². The lowest BCUT2D eigenvalue weighted by atomic mass is 10.4. The largest absolute Gasteiger partial charge is 0.468 e. The van der Waals surface area contributed by atoms with Crippen molar-refractivity contribution in [2.45, 2.75) is 13.0 Å². The van der Waals surface area contributed by atoms with Gasteiger partial charge in [0.05, 0.1) is 12.8 Å². The molecule has 2 N–H and O–H groups in total. The first-order valence-electron chi connectivity index (χ1n) is 4.31. The van der Waals surface area contributed by atoms with Crippen LogP contribution in [0, 0.1) is 0 Å². The summed E-state index contributed by atoms with van der Waals surface area (Å²) in [6.45, 7) is 2.92. The zero-order chi connectivity index (χ0) is 8.65. The SMILES string of the molecule is CNCCCNCc1ccco1. The van der Waals surface area contributed by atoms with Gasteiger partial charge < -0.3 is 15.1 Å². The Labute approximate surface area is 73.2 Å². The van der Waals surface area contributed by atoms with Gasteiger partial charge in [0.2, 0.25) is 0 Å². The van der Waals surface area contributed by atoms with Crippen LogP contribution >= 0.6 is 0 Å². The predicted octanol–water partition coefficient (Wildman–Crippen LogP) is 0.979. The molecule has 0 atom stereocenters. The van der Waals surface area contributed by atoms with E-state index in [9.17, 15) is 0 Å². The standard InChI is InChI=1S/C9H16N2O/c1-10-5-3-6-11-8-9-4-2-7-12-9/h2,4,7,10-11H,3,5-6,8H2,1H3. The summed E-state index contributed by atoms with van der Waals surface area (Å²) in [7, 11) is 1.96. The van der Waals surface area contributed by atoms with Crippen LogP contribution < -0.4 is 10.6 Å². The van der Waals surface area contributed by atoms with Crippen molar-refractivity contribution in [2.24, 2.45) is 0 Å². The summed E-state index contributed by atoms with van der Waals surface area (Å²) in [6, 6.07) is 3.88. The van der Waals surface area contributed by atoms with Crippen molar-refractivity contribution in [1.82, 2.24) is 10.6 Å². The summed E-state index contributed by atoms with van der Waals surface area (Å²) in [4.78, 5) is 0. The van der Waals surface area contributed by atoms with E-state index in [1.165, 1.54) is 0 Å². The van der Waals surface area contributed by atoms with E-state index in [0.717, 1.165) is 31.8 Å². The molecule has 1 aromatic heterocycles. The topological polar surface area (TPSA) is 37.2 Å². The molecular weight excluding hydrogens is 152 g/mol. The Morgan fingerprint density at radius 1 is 1.42 bits per heavy atom. The molecule has 3 nitrogen and oxygen atoms in total. The zero-order valence-electron chi connectivity index (χ0n) is 7.47. The third-order valence-corrected chi connectivity index (χ3v) is 1.66. The van der Waals surface area contributed by atoms with E-state index in [0.29, 0.717) is 0 Å². The number of nitrogens with one attached hydrogen (secondary N) is 2. The van der Waals surface area contributed by atoms with Crippen molar-refractivity contribution < 1.29 is 4.42 Å². The lowest BCUT2D eigenvalue weighted by molar-refractivity contribution is 0.480. The lowest BCUT2D eigenvalue weighted by Gasteiger charge is -2.01. The lowest BCUT2D eigenvalue weighted by Crippen LogP contribution is -2.19. The molecule has 0 unspecified atom stereocenters. The predicted molar refractivity (Wildman–Crippen MR) is 49.0 cm³/mol. The number of rotatable bonds is 6. The molecule has 0 aliphatic carbocycles. The molecule has 0 bridgehead atoms. The van der Waals surface area contributed by atoms with Crippen molar-refractivity contribution in [2.75, 3.05) is 20.1 Å². The van der Waals surface area contributed by atoms with Crippen molar-refractivity contribution in [1.29, 1.82) is 0 Å². The molecule has 1 aromatic rings. The Bertz CT molecular complexity index is 184. The quantitative estimate of drug-likeness (QED) is 0.622. The molecule has 3 heteroatoms. The first-order chi connectivity index (χ1) is 5.93. The number of furan rings is 1. The Hall–Kier alpha value is -0.800. The molecule has 0 saturated carbocycles. The Morgan fingerprint density at radius 3 is 3.00 bits per heavy atom. The fraction of sp³-hybridized carbons (Fsp3) is 0.556. The Morgan fingerprint density at radius 2 is 2.33 bits per heavy atom. The molecule has 0 aliphatic heterocycles. The van der Waals surface area contributed by atoms with E-state index < -0.39 is 0 Å². The molecule has 0 radical (unpaired) electrons. The van der Waals surface area contributed by atoms with Crippen molar-refractivity contribution in [3.8, 4) is 0 Å². The van der Waals surface area contributed by atoms with Crippen LogP contribution in [0.25, 0.3) is 0 Å². The summed E-state index contributed by atoms with van der Waals surface area (Å²) < 4.78 is 5.16. The average molecular weight is 168 g/mol. The average Bonchev–Trinajstić information content (AvgIpc) is 2.57. The van der Waals surface area contributed by atoms with Gasteiger partial charge in [-0.2, -0.15) is 0 Å². The van der Waals surface area contributed by atoms with Gasteiger partial charge in [0.25, 0.3) is 0 Å². The highest BCUT2D eigenvalue weighted by Crippen LogP contribution is 1.97. The molecule has 0 spiro atoms. The highest BCUT2D eigenvalue weighted by atomic mass is 16.3. The van der Waals surface area contributed by atoms with E-state index >= 15 is 0 Å². The van der Waals surface area contributed by atoms with Crippen molar-refractivity contribution in [3.05, 3.63) is 24.2 Å². The third kappa shape index (κ3) is 3.55. The summed E-state index contributed by atoms with van der Waals surface area (Å²) in [5, 5.41) is 6.39. The summed E-state index contributed by atoms with van der Waals surface area (Å²) >= 11 is 0. The van der Waals surface area contributed by atoms with Crippen LogP contribution in [0.4, 0.5) is 0 Å². The van der Waals surface area contributed by atoms with Crippen molar-refractivity contribution in [3.63, 3.8) is 0 Å². The van der Waals surface area contributed by atoms with E-state index in [-0.39, 0.29) is 0 Å². The van der Waals surface area contributed by atoms with Crippen LogP contribution in [-0.2, 0) is 6.54 Å². The normalized spacial score (nSPS) is 10.4. The minimum atomic E-state index is 0.830. The summed E-state index contributed by atoms with van der Waals surface area (Å²) in [5.74, 6) is 0.999. The number of hydrogen-bond acceptors (Lipinski definition) is 3. The Balaban J connectivity index is 1.96. The number of hydrogen-bond donors (Lipinski definition) is 2. The Kier molecular flexibility index (Phi) is 4.49. The molecular formula is C9H16N2O. The van der Waals surface area contributed by atoms with Gasteiger partial charge in [-0.3, -0.25) is 0 Å². The smallest absolute Gasteiger partial charge is 0.117 e. The van der Waals surface area contributed by atoms with E-state index in [2.05, 4.69) is 10.6 Å². The molecule has 1 rings (SSSR count). The van der Waals surface area contributed by atoms with E-state index in [4.69, 9.17) is 4.42 Å². The molecule has 0 saturated heterocycles. The third-order valence-electron chi connectivity index (χ3n) is 1.66. The molecule has 1 heterocycles. The van der Waals surface area contributed by atoms with Gasteiger partial charge in [-0.05, 0) is 38.7 Å². The molecule has 0 aromatic carbocycles. The fourth-order valence-corrected chi connectivity index (χ4v) is 1.01. The zero-order valence-corrected chi connectivity index (χ0v) is 7.47. The first kappa shape index (κ1) is 9.29. The first-order valence-corrected chi connectivity index (χ1v) is 4.31. The maximum absolute atomic E-state index is 5.16. The van der Waals surface area contributed by atoms with Gasteiger partial charge in [-0.25, -0.2) is 0 Å². The van der Waals surface area contributed by atoms with Crippen LogP contribution in [0.5, 0.6) is 0 Å². The fourth-order valence-electron chi connectivity index (χ4n) is 1.01. The molecule has 0 amide bonds. The highest BCUT2D eigenvalue weighted by molar-refractivity contribution is 4.97. The van der Waals surface area contributed by atoms with Gasteiger partial charge in [-0.15, -0.1) is 0 Å². The van der Waals surface area contributed by atoms with Crippen LogP contribution in [-0.4, -0.2) is 20.1 Å². The minimum Gasteiger partial charge on any atom is -0.468 e. The van der Waals surface area contributed by atoms with Gasteiger partial charge >= 0.3 is 0 Å². The highest BCUT2D eigenvalue weighted by Gasteiger charge is 1.92. The second kappa shape index (κ2) is 5.80. The monoisotopic (exact) mass is 168 g/mol. The molecule has 68 valence electrons. The van der Waals surface area contributed by atoms with Crippen LogP contribution in [0.3, 0.4) is 0 Å². The van der Waals surface area contributed by atoms with E-state index in [1.54, 1.807) is 6.26 Å². The van der Waals surface area contributed by atoms with Crippen LogP contribution in [0.2, 0.25) is 0 Å². The molecule has 0 aliphatic rings. The van der Waals surface area contributed by atoms with Crippen LogP contribution in [0.1, 0.15) is 12.2 Å². The van der Waals surface area contributed by atoms with Gasteiger partial charge in [0, 0.05) is 0 Å². The van der Waals surface area contributed by atoms with Crippen molar-refractivity contribution >= 4 is 0 Å². The summed E-state index contributed by atoms with van der Waals surface area (Å²) in [5.41, 5.74) is 0. The maximum atomic E-state index is 5.16. The van der Waals surface area contributed by atoms with E-state index in [1.807, 2.05) is 19.2 Å². The van der Waals surface area contributed by atoms with Gasteiger partial charge in [0.15, 0.2) is 0 Å². The van der Waals surface area contributed by atoms with Gasteiger partial charge in [0.1, 0.15) is 5.76 Å². The molecule has 12 heavy (non-hydrogen) atoms. The minimum absolute atomic E-state index is 0.830. The second-order valence-corrected chi connectivity index (χ2v) is 2.71.